The first-order chi connectivity index (χ1) is 9.28. The van der Waals surface area contributed by atoms with Crippen molar-refractivity contribution in [1.82, 2.24) is 4.98 Å². The molecule has 2 N–H and O–H groups in total. The number of imidazole rings is 1. The van der Waals surface area contributed by atoms with Crippen molar-refractivity contribution in [3.05, 3.63) is 65.5 Å². The standard InChI is InChI=1S/C16H16N2O/c1-12-5-4-6-13(9-12)10-18-15-8-3-2-7-14(15)17-16(18)11-19/h2-9,19H,10-11H2,1H3/p+1. The van der Waals surface area contributed by atoms with Crippen molar-refractivity contribution in [2.75, 3.05) is 0 Å². The molecule has 1 aromatic heterocycles. The van der Waals surface area contributed by atoms with Crippen LogP contribution in [0.15, 0.2) is 48.5 Å². The van der Waals surface area contributed by atoms with E-state index in [2.05, 4.69) is 46.8 Å². The highest BCUT2D eigenvalue weighted by molar-refractivity contribution is 5.71. The predicted molar refractivity (Wildman–Crippen MR) is 74.7 cm³/mol. The van der Waals surface area contributed by atoms with E-state index >= 15 is 0 Å². The van der Waals surface area contributed by atoms with E-state index in [1.54, 1.807) is 0 Å². The smallest absolute Gasteiger partial charge is 0.281 e. The van der Waals surface area contributed by atoms with Gasteiger partial charge in [0.25, 0.3) is 5.82 Å². The monoisotopic (exact) mass is 253 g/mol. The molecule has 0 bridgehead atoms. The van der Waals surface area contributed by atoms with E-state index in [-0.39, 0.29) is 6.61 Å². The highest BCUT2D eigenvalue weighted by atomic mass is 16.3. The molecule has 0 spiro atoms. The summed E-state index contributed by atoms with van der Waals surface area (Å²) in [6, 6.07) is 16.6. The molecular formula is C16H17N2O+. The summed E-state index contributed by atoms with van der Waals surface area (Å²) in [4.78, 5) is 3.26. The Morgan fingerprint density at radius 2 is 1.95 bits per heavy atom. The van der Waals surface area contributed by atoms with E-state index in [0.717, 1.165) is 23.4 Å². The number of fused-ring (bicyclic) bond motifs is 1. The Morgan fingerprint density at radius 1 is 1.11 bits per heavy atom. The number of aromatic amines is 1. The van der Waals surface area contributed by atoms with Crippen LogP contribution in [0.25, 0.3) is 11.0 Å². The summed E-state index contributed by atoms with van der Waals surface area (Å²) in [6.45, 7) is 2.87. The Labute approximate surface area is 112 Å². The average molecular weight is 253 g/mol. The molecule has 0 amide bonds. The summed E-state index contributed by atoms with van der Waals surface area (Å²) >= 11 is 0. The minimum absolute atomic E-state index is 0.0144. The number of aryl methyl sites for hydroxylation is 1. The van der Waals surface area contributed by atoms with Gasteiger partial charge in [-0.2, -0.15) is 0 Å². The maximum absolute atomic E-state index is 9.50. The summed E-state index contributed by atoms with van der Waals surface area (Å²) in [5, 5.41) is 9.50. The molecule has 0 aliphatic carbocycles. The van der Waals surface area contributed by atoms with Gasteiger partial charge in [-0.1, -0.05) is 42.0 Å². The molecule has 0 fully saturated rings. The minimum Gasteiger partial charge on any atom is -0.384 e. The number of nitrogens with zero attached hydrogens (tertiary/aromatic N) is 1. The van der Waals surface area contributed by atoms with Crippen LogP contribution in [-0.4, -0.2) is 10.1 Å². The van der Waals surface area contributed by atoms with E-state index in [4.69, 9.17) is 0 Å². The number of para-hydroxylation sites is 2. The van der Waals surface area contributed by atoms with Gasteiger partial charge in [0.2, 0.25) is 0 Å². The molecule has 0 aliphatic heterocycles. The molecule has 0 unspecified atom stereocenters. The Kier molecular flexibility index (Phi) is 3.05. The number of aromatic nitrogens is 2. The highest BCUT2D eigenvalue weighted by Gasteiger charge is 2.17. The molecule has 3 nitrogen and oxygen atoms in total. The van der Waals surface area contributed by atoms with Crippen molar-refractivity contribution in [2.45, 2.75) is 20.1 Å². The third-order valence-electron chi connectivity index (χ3n) is 3.37. The van der Waals surface area contributed by atoms with Gasteiger partial charge in [0.1, 0.15) is 13.2 Å². The third kappa shape index (κ3) is 2.25. The molecular weight excluding hydrogens is 236 g/mol. The number of aliphatic hydroxyl groups excluding tert-OH is 1. The van der Waals surface area contributed by atoms with E-state index in [9.17, 15) is 5.11 Å². The van der Waals surface area contributed by atoms with Crippen LogP contribution in [0.1, 0.15) is 17.0 Å². The summed E-state index contributed by atoms with van der Waals surface area (Å²) in [5.74, 6) is 0.836. The van der Waals surface area contributed by atoms with E-state index in [0.29, 0.717) is 0 Å². The Balaban J connectivity index is 2.08. The molecule has 1 heterocycles. The molecule has 2 aromatic carbocycles. The molecule has 3 aromatic rings. The molecule has 19 heavy (non-hydrogen) atoms. The zero-order valence-corrected chi connectivity index (χ0v) is 10.9. The summed E-state index contributed by atoms with van der Waals surface area (Å²) in [6.07, 6.45) is 0. The van der Waals surface area contributed by atoms with Crippen LogP contribution in [0.3, 0.4) is 0 Å². The molecule has 0 saturated carbocycles. The number of hydrogen-bond donors (Lipinski definition) is 2. The first-order valence-electron chi connectivity index (χ1n) is 6.44. The second-order valence-corrected chi connectivity index (χ2v) is 4.82. The van der Waals surface area contributed by atoms with Crippen LogP contribution in [0.2, 0.25) is 0 Å². The lowest BCUT2D eigenvalue weighted by molar-refractivity contribution is -0.672. The first kappa shape index (κ1) is 11.9. The molecule has 3 rings (SSSR count). The topological polar surface area (TPSA) is 39.9 Å². The van der Waals surface area contributed by atoms with Gasteiger partial charge >= 0.3 is 0 Å². The number of benzene rings is 2. The molecule has 0 saturated heterocycles. The van der Waals surface area contributed by atoms with Crippen LogP contribution in [-0.2, 0) is 13.2 Å². The lowest BCUT2D eigenvalue weighted by Gasteiger charge is -2.02. The number of H-pyrrole nitrogens is 1. The van der Waals surface area contributed by atoms with Crippen molar-refractivity contribution >= 4 is 11.0 Å². The third-order valence-corrected chi connectivity index (χ3v) is 3.37. The van der Waals surface area contributed by atoms with Crippen molar-refractivity contribution in [1.29, 1.82) is 0 Å². The normalized spacial score (nSPS) is 11.1. The quantitative estimate of drug-likeness (QED) is 0.691. The first-order valence-corrected chi connectivity index (χ1v) is 6.44. The van der Waals surface area contributed by atoms with Crippen molar-refractivity contribution in [3.8, 4) is 0 Å². The second-order valence-electron chi connectivity index (χ2n) is 4.82. The fourth-order valence-electron chi connectivity index (χ4n) is 2.48. The molecule has 96 valence electrons. The molecule has 0 aliphatic rings. The Morgan fingerprint density at radius 3 is 2.74 bits per heavy atom. The van der Waals surface area contributed by atoms with E-state index < -0.39 is 0 Å². The maximum Gasteiger partial charge on any atom is 0.281 e. The van der Waals surface area contributed by atoms with Crippen molar-refractivity contribution in [3.63, 3.8) is 0 Å². The van der Waals surface area contributed by atoms with Crippen LogP contribution in [0.5, 0.6) is 0 Å². The minimum atomic E-state index is 0.0144. The number of rotatable bonds is 3. The number of hydrogen-bond acceptors (Lipinski definition) is 1. The molecule has 0 radical (unpaired) electrons. The van der Waals surface area contributed by atoms with Crippen LogP contribution < -0.4 is 4.57 Å². The van der Waals surface area contributed by atoms with Gasteiger partial charge < -0.3 is 5.11 Å². The largest absolute Gasteiger partial charge is 0.384 e. The Hall–Kier alpha value is -2.13. The molecule has 3 heteroatoms. The lowest BCUT2D eigenvalue weighted by atomic mass is 10.1. The number of aliphatic hydroxyl groups is 1. The number of nitrogens with one attached hydrogen (secondary N) is 1. The van der Waals surface area contributed by atoms with Crippen molar-refractivity contribution < 1.29 is 9.67 Å². The summed E-state index contributed by atoms with van der Waals surface area (Å²) < 4.78 is 2.13. The van der Waals surface area contributed by atoms with Gasteiger partial charge in [-0.05, 0) is 24.6 Å². The fourth-order valence-corrected chi connectivity index (χ4v) is 2.48. The Bertz CT molecular complexity index is 716. The van der Waals surface area contributed by atoms with Gasteiger partial charge in [0.05, 0.1) is 0 Å². The van der Waals surface area contributed by atoms with Gasteiger partial charge in [-0.3, -0.25) is 0 Å². The zero-order chi connectivity index (χ0) is 13.2. The predicted octanol–water partition coefficient (Wildman–Crippen LogP) is 2.30. The fraction of sp³-hybridized carbons (Fsp3) is 0.188. The second kappa shape index (κ2) is 4.86. The van der Waals surface area contributed by atoms with E-state index in [1.807, 2.05) is 18.2 Å². The van der Waals surface area contributed by atoms with Gasteiger partial charge in [0, 0.05) is 0 Å². The summed E-state index contributed by atoms with van der Waals surface area (Å²) in [5.41, 5.74) is 4.67. The van der Waals surface area contributed by atoms with E-state index in [1.165, 1.54) is 11.1 Å². The summed E-state index contributed by atoms with van der Waals surface area (Å²) in [7, 11) is 0. The van der Waals surface area contributed by atoms with Crippen LogP contribution in [0.4, 0.5) is 0 Å². The van der Waals surface area contributed by atoms with Crippen LogP contribution >= 0.6 is 0 Å². The molecule has 0 atom stereocenters. The van der Waals surface area contributed by atoms with Gasteiger partial charge in [-0.15, -0.1) is 0 Å². The highest BCUT2D eigenvalue weighted by Crippen LogP contribution is 2.11. The maximum atomic E-state index is 9.50. The zero-order valence-electron chi connectivity index (χ0n) is 10.9. The van der Waals surface area contributed by atoms with Crippen LogP contribution in [0, 0.1) is 6.92 Å². The van der Waals surface area contributed by atoms with Gasteiger partial charge in [0.15, 0.2) is 11.0 Å². The van der Waals surface area contributed by atoms with Gasteiger partial charge in [-0.25, -0.2) is 9.55 Å². The lowest BCUT2D eigenvalue weighted by Crippen LogP contribution is -2.37. The van der Waals surface area contributed by atoms with Crippen molar-refractivity contribution in [2.24, 2.45) is 0 Å². The SMILES string of the molecule is Cc1cccc(C[n+]2c(CO)[nH]c3ccccc32)c1. The average Bonchev–Trinajstić information content (AvgIpc) is 2.77.